The van der Waals surface area contributed by atoms with Gasteiger partial charge in [-0.05, 0) is 108 Å². The molecule has 10 heterocycles. The zero-order valence-electron chi connectivity index (χ0n) is 41.3. The van der Waals surface area contributed by atoms with Gasteiger partial charge in [-0.2, -0.15) is 0 Å². The van der Waals surface area contributed by atoms with Gasteiger partial charge >= 0.3 is 0 Å². The standard InChI is InChI=1S/C55H60N14O3/c1-5-33-19-62-54-49(33)66-45(25-64-54)37-15-35-7-11-68(27-43(35)41(17-37)47-29-71-13-9-56-47)51(39-21-58-31(3)59-22-39)53(70)52(40-23-60-32(4)61-24-40)69-12-8-36-16-38(18-42(44(36)28-69)48-30-72-14-10-57-48)46-26-65-55-50(67-46)34(6-2)20-63-55/h15-26,47-48,51-52,56-57H,5-14,27-30H2,1-4H3,(H,62,64)(H,63,65)/t47?,48?,51-,52-/m1/s1. The average Bonchev–Trinajstić information content (AvgIpc) is 4.05. The van der Waals surface area contributed by atoms with E-state index < -0.39 is 12.1 Å². The summed E-state index contributed by atoms with van der Waals surface area (Å²) in [5, 5.41) is 7.49. The van der Waals surface area contributed by atoms with Crippen molar-refractivity contribution < 1.29 is 14.3 Å². The molecule has 0 spiro atoms. The summed E-state index contributed by atoms with van der Waals surface area (Å²) in [5.41, 5.74) is 18.0. The molecular formula is C55H60N14O3. The molecule has 12 rings (SSSR count). The van der Waals surface area contributed by atoms with Crippen molar-refractivity contribution in [2.45, 2.75) is 90.6 Å². The van der Waals surface area contributed by atoms with Crippen LogP contribution in [0.1, 0.15) is 105 Å². The summed E-state index contributed by atoms with van der Waals surface area (Å²) in [4.78, 5) is 66.2. The fourth-order valence-electron chi connectivity index (χ4n) is 11.4. The Labute approximate surface area is 418 Å². The number of aryl methyl sites for hydroxylation is 4. The third kappa shape index (κ3) is 8.77. The van der Waals surface area contributed by atoms with Gasteiger partial charge in [0, 0.05) is 98.7 Å². The first kappa shape index (κ1) is 46.3. The van der Waals surface area contributed by atoms with Crippen LogP contribution in [0.25, 0.3) is 44.8 Å². The summed E-state index contributed by atoms with van der Waals surface area (Å²) < 4.78 is 12.2. The topological polar surface area (TPSA) is 201 Å². The second-order valence-electron chi connectivity index (χ2n) is 19.6. The van der Waals surface area contributed by atoms with E-state index in [0.29, 0.717) is 64.3 Å². The Balaban J connectivity index is 0.931. The molecule has 4 N–H and O–H groups in total. The molecule has 17 heteroatoms. The van der Waals surface area contributed by atoms with Gasteiger partial charge in [0.15, 0.2) is 17.1 Å². The van der Waals surface area contributed by atoms with Crippen molar-refractivity contribution in [3.63, 3.8) is 0 Å². The third-order valence-corrected chi connectivity index (χ3v) is 15.2. The molecule has 0 radical (unpaired) electrons. The summed E-state index contributed by atoms with van der Waals surface area (Å²) in [7, 11) is 0. The molecule has 0 aliphatic carbocycles. The van der Waals surface area contributed by atoms with E-state index in [1.807, 2.05) is 63.4 Å². The number of nitrogens with zero attached hydrogens (tertiary/aromatic N) is 10. The van der Waals surface area contributed by atoms with Crippen LogP contribution in [-0.2, 0) is 53.0 Å². The Bertz CT molecular complexity index is 3070. The van der Waals surface area contributed by atoms with Gasteiger partial charge in [0.05, 0.1) is 74.4 Å². The lowest BCUT2D eigenvalue weighted by molar-refractivity contribution is -0.131. The highest BCUT2D eigenvalue weighted by atomic mass is 16.5. The average molecular weight is 965 g/mol. The van der Waals surface area contributed by atoms with Crippen LogP contribution in [0.3, 0.4) is 0 Å². The van der Waals surface area contributed by atoms with Crippen LogP contribution in [-0.4, -0.2) is 118 Å². The highest BCUT2D eigenvalue weighted by molar-refractivity contribution is 5.91. The van der Waals surface area contributed by atoms with Crippen LogP contribution in [0.5, 0.6) is 0 Å². The van der Waals surface area contributed by atoms with E-state index in [4.69, 9.17) is 49.3 Å². The fourth-order valence-corrected chi connectivity index (χ4v) is 11.4. The van der Waals surface area contributed by atoms with Crippen LogP contribution in [0, 0.1) is 13.8 Å². The summed E-state index contributed by atoms with van der Waals surface area (Å²) in [6.07, 6.45) is 18.2. The van der Waals surface area contributed by atoms with Crippen LogP contribution in [0.2, 0.25) is 0 Å². The molecule has 0 bridgehead atoms. The third-order valence-electron chi connectivity index (χ3n) is 15.2. The molecule has 8 aromatic rings. The fraction of sp³-hybridized carbons (Fsp3) is 0.400. The Kier molecular flexibility index (Phi) is 12.7. The van der Waals surface area contributed by atoms with E-state index in [2.05, 4.69) is 68.5 Å². The lowest BCUT2D eigenvalue weighted by atomic mass is 9.84. The van der Waals surface area contributed by atoms with E-state index in [0.717, 1.165) is 117 Å². The minimum absolute atomic E-state index is 0.0278. The number of nitrogens with one attached hydrogen (secondary N) is 4. The molecule has 72 heavy (non-hydrogen) atoms. The molecule has 2 unspecified atom stereocenters. The number of carbonyl (C=O) groups is 1. The number of benzene rings is 2. The molecule has 6 aromatic heterocycles. The van der Waals surface area contributed by atoms with E-state index >= 15 is 4.79 Å². The SMILES string of the molecule is CCc1c[nH]c2ncc(-c3cc4c(c(C5COCCN5)c3)CN([C@@H](C(=O)[C@@H](c3cnc(C)nc3)N3CCc5cc(-c6cnc7[nH]cc(CC)c7n6)cc(C6COCCN6)c5C3)c3cnc(C)nc3)CC4)nc12. The Hall–Kier alpha value is -6.73. The first-order valence-corrected chi connectivity index (χ1v) is 25.5. The molecule has 368 valence electrons. The van der Waals surface area contributed by atoms with Gasteiger partial charge in [-0.15, -0.1) is 0 Å². The van der Waals surface area contributed by atoms with E-state index in [-0.39, 0.29) is 17.9 Å². The van der Waals surface area contributed by atoms with Crippen molar-refractivity contribution in [1.29, 1.82) is 0 Å². The van der Waals surface area contributed by atoms with Gasteiger partial charge in [0.25, 0.3) is 0 Å². The second kappa shape index (κ2) is 19.7. The van der Waals surface area contributed by atoms with Crippen LogP contribution in [0.4, 0.5) is 0 Å². The van der Waals surface area contributed by atoms with Crippen LogP contribution in [0.15, 0.2) is 73.8 Å². The van der Waals surface area contributed by atoms with Crippen molar-refractivity contribution in [1.82, 2.24) is 70.3 Å². The molecule has 0 amide bonds. The molecule has 2 fully saturated rings. The maximum Gasteiger partial charge on any atom is 0.176 e. The van der Waals surface area contributed by atoms with Gasteiger partial charge in [0.2, 0.25) is 0 Å². The first-order valence-electron chi connectivity index (χ1n) is 25.5. The largest absolute Gasteiger partial charge is 0.378 e. The predicted octanol–water partition coefficient (Wildman–Crippen LogP) is 6.67. The van der Waals surface area contributed by atoms with Gasteiger partial charge in [-0.1, -0.05) is 13.8 Å². The van der Waals surface area contributed by atoms with Crippen molar-refractivity contribution in [3.05, 3.63) is 141 Å². The number of hydrogen-bond donors (Lipinski definition) is 4. The van der Waals surface area contributed by atoms with E-state index in [1.165, 1.54) is 22.3 Å². The van der Waals surface area contributed by atoms with Crippen molar-refractivity contribution in [2.75, 3.05) is 52.6 Å². The number of fused-ring (bicyclic) bond motifs is 4. The quantitative estimate of drug-likeness (QED) is 0.101. The highest BCUT2D eigenvalue weighted by Gasteiger charge is 2.41. The molecule has 2 saturated heterocycles. The Morgan fingerprint density at radius 3 is 1.47 bits per heavy atom. The minimum atomic E-state index is -0.686. The normalized spacial score (nSPS) is 19.6. The summed E-state index contributed by atoms with van der Waals surface area (Å²) in [6, 6.07) is 7.62. The van der Waals surface area contributed by atoms with Crippen molar-refractivity contribution in [3.8, 4) is 22.5 Å². The number of aromatic amines is 2. The summed E-state index contributed by atoms with van der Waals surface area (Å²) in [6.45, 7) is 14.2. The maximum atomic E-state index is 16.3. The lowest BCUT2D eigenvalue weighted by Gasteiger charge is -2.42. The van der Waals surface area contributed by atoms with Crippen LogP contribution < -0.4 is 10.6 Å². The summed E-state index contributed by atoms with van der Waals surface area (Å²) >= 11 is 0. The predicted molar refractivity (Wildman–Crippen MR) is 273 cm³/mol. The lowest BCUT2D eigenvalue weighted by Crippen LogP contribution is -2.46. The number of ketones is 1. The summed E-state index contributed by atoms with van der Waals surface area (Å²) in [5.74, 6) is 1.32. The zero-order valence-corrected chi connectivity index (χ0v) is 41.3. The Morgan fingerprint density at radius 1 is 0.625 bits per heavy atom. The minimum Gasteiger partial charge on any atom is -0.378 e. The molecule has 4 aliphatic heterocycles. The molecule has 4 aliphatic rings. The monoisotopic (exact) mass is 964 g/mol. The van der Waals surface area contributed by atoms with Crippen molar-refractivity contribution in [2.24, 2.45) is 0 Å². The van der Waals surface area contributed by atoms with Gasteiger partial charge < -0.3 is 30.1 Å². The second-order valence-corrected chi connectivity index (χ2v) is 19.6. The number of hydrogen-bond acceptors (Lipinski definition) is 15. The van der Waals surface area contributed by atoms with Gasteiger partial charge in [0.1, 0.15) is 22.7 Å². The molecular weight excluding hydrogens is 905 g/mol. The number of carbonyl (C=O) groups excluding carboxylic acids is 1. The number of Topliss-reactive ketones (excluding diaryl/α,β-unsaturated/α-hetero) is 1. The van der Waals surface area contributed by atoms with E-state index in [9.17, 15) is 0 Å². The maximum absolute atomic E-state index is 16.3. The number of H-pyrrole nitrogens is 2. The number of rotatable bonds is 12. The highest BCUT2D eigenvalue weighted by Crippen LogP contribution is 2.41. The number of ether oxygens (including phenoxy) is 2. The van der Waals surface area contributed by atoms with E-state index in [1.54, 1.807) is 0 Å². The first-order chi connectivity index (χ1) is 35.3. The number of aromatic nitrogens is 10. The van der Waals surface area contributed by atoms with Crippen LogP contribution >= 0.6 is 0 Å². The zero-order chi connectivity index (χ0) is 48.9. The number of morpholine rings is 2. The Morgan fingerprint density at radius 2 is 1.07 bits per heavy atom. The molecule has 17 nitrogen and oxygen atoms in total. The molecule has 0 saturated carbocycles. The van der Waals surface area contributed by atoms with Gasteiger partial charge in [-0.3, -0.25) is 14.6 Å². The van der Waals surface area contributed by atoms with Gasteiger partial charge in [-0.25, -0.2) is 39.9 Å². The molecule has 2 aromatic carbocycles. The molecule has 4 atom stereocenters. The van der Waals surface area contributed by atoms with Crippen molar-refractivity contribution >= 4 is 28.1 Å². The smallest absolute Gasteiger partial charge is 0.176 e.